The van der Waals surface area contributed by atoms with Gasteiger partial charge in [-0.05, 0) is 54.5 Å². The summed E-state index contributed by atoms with van der Waals surface area (Å²) in [6, 6.07) is 2.19. The number of thiophene rings is 1. The van der Waals surface area contributed by atoms with Crippen LogP contribution in [-0.4, -0.2) is 24.3 Å². The predicted octanol–water partition coefficient (Wildman–Crippen LogP) is 8.04. The number of carbonyl (C=O) groups is 1. The Kier molecular flexibility index (Phi) is 7.15. The summed E-state index contributed by atoms with van der Waals surface area (Å²) in [6.45, 7) is 0.226. The maximum atomic E-state index is 14.3. The quantitative estimate of drug-likeness (QED) is 0.221. The molecule has 2 aromatic rings. The van der Waals surface area contributed by atoms with Crippen LogP contribution in [0.4, 0.5) is 30.7 Å². The van der Waals surface area contributed by atoms with E-state index in [1.807, 2.05) is 0 Å². The van der Waals surface area contributed by atoms with Crippen molar-refractivity contribution in [2.24, 2.45) is 10.3 Å². The summed E-state index contributed by atoms with van der Waals surface area (Å²) < 4.78 is 98.6. The molecule has 2 aliphatic rings. The van der Waals surface area contributed by atoms with Crippen molar-refractivity contribution in [3.63, 3.8) is 0 Å². The average molecular weight is 579 g/mol. The molecule has 14 heteroatoms. The van der Waals surface area contributed by atoms with E-state index < -0.39 is 61.3 Å². The summed E-state index contributed by atoms with van der Waals surface area (Å²) in [6.07, 6.45) is -7.98. The second-order valence-corrected chi connectivity index (χ2v) is 11.2. The summed E-state index contributed by atoms with van der Waals surface area (Å²) in [5, 5.41) is 1.22. The molecule has 1 saturated carbocycles. The van der Waals surface area contributed by atoms with Crippen molar-refractivity contribution in [1.29, 1.82) is 0 Å². The molecule has 4 rings (SSSR count). The van der Waals surface area contributed by atoms with Gasteiger partial charge in [0.2, 0.25) is 0 Å². The van der Waals surface area contributed by atoms with Gasteiger partial charge in [0.15, 0.2) is 10.6 Å². The normalized spacial score (nSPS) is 21.1. The molecule has 1 atom stereocenters. The highest BCUT2D eigenvalue weighted by molar-refractivity contribution is 7.99. The lowest BCUT2D eigenvalue weighted by Crippen LogP contribution is -2.38. The van der Waals surface area contributed by atoms with Crippen LogP contribution in [0.5, 0.6) is 0 Å². The number of alkyl halides is 6. The molecule has 1 unspecified atom stereocenters. The number of rotatable bonds is 5. The molecule has 190 valence electrons. The van der Waals surface area contributed by atoms with E-state index in [9.17, 15) is 35.5 Å². The molecule has 0 radical (unpaired) electrons. The van der Waals surface area contributed by atoms with Crippen molar-refractivity contribution in [2.45, 2.75) is 42.8 Å². The largest absolute Gasteiger partial charge is 0.418 e. The van der Waals surface area contributed by atoms with Crippen LogP contribution in [0, 0.1) is 11.7 Å². The molecular formula is C21H15Cl2F7N2OS2. The number of hydrogen-bond acceptors (Lipinski definition) is 4. The van der Waals surface area contributed by atoms with Gasteiger partial charge in [0, 0.05) is 13.0 Å². The summed E-state index contributed by atoms with van der Waals surface area (Å²) in [4.78, 5) is 11.6. The monoisotopic (exact) mass is 578 g/mol. The third kappa shape index (κ3) is 5.03. The van der Waals surface area contributed by atoms with E-state index in [-0.39, 0.29) is 35.0 Å². The number of hydrogen-bond donors (Lipinski definition) is 1. The van der Waals surface area contributed by atoms with Crippen LogP contribution in [0.1, 0.15) is 51.4 Å². The number of nitrogens with zero attached hydrogens (tertiary/aromatic N) is 1. The van der Waals surface area contributed by atoms with E-state index in [1.54, 1.807) is 0 Å². The Balaban J connectivity index is 1.68. The van der Waals surface area contributed by atoms with Crippen molar-refractivity contribution in [1.82, 2.24) is 5.32 Å². The molecule has 1 aliphatic carbocycles. The fourth-order valence-electron chi connectivity index (χ4n) is 3.75. The smallest absolute Gasteiger partial charge is 0.351 e. The maximum absolute atomic E-state index is 14.3. The minimum atomic E-state index is -4.94. The van der Waals surface area contributed by atoms with Gasteiger partial charge >= 0.3 is 12.4 Å². The Hall–Kier alpha value is -1.50. The number of carbonyl (C=O) groups excluding carboxylic acids is 1. The first-order chi connectivity index (χ1) is 16.2. The SMILES string of the molecule is O=C(NCC1CCC1)c1sc(C2=NSC(c3cc(Cl)c(F)c(Cl)c3)(C(F)(F)F)C2)cc1C(F)(F)F. The highest BCUT2D eigenvalue weighted by Crippen LogP contribution is 2.58. The van der Waals surface area contributed by atoms with Crippen LogP contribution in [0.25, 0.3) is 0 Å². The number of nitrogens with one attached hydrogen (secondary N) is 1. The molecule has 1 amide bonds. The lowest BCUT2D eigenvalue weighted by Gasteiger charge is -2.30. The van der Waals surface area contributed by atoms with E-state index in [4.69, 9.17) is 23.2 Å². The van der Waals surface area contributed by atoms with Crippen LogP contribution in [0.15, 0.2) is 22.6 Å². The lowest BCUT2D eigenvalue weighted by atomic mass is 9.85. The predicted molar refractivity (Wildman–Crippen MR) is 122 cm³/mol. The summed E-state index contributed by atoms with van der Waals surface area (Å²) >= 11 is 11.9. The number of halogens is 9. The second kappa shape index (κ2) is 9.42. The lowest BCUT2D eigenvalue weighted by molar-refractivity contribution is -0.159. The van der Waals surface area contributed by atoms with Gasteiger partial charge in [0.05, 0.1) is 26.2 Å². The number of benzene rings is 1. The Morgan fingerprint density at radius 2 is 1.74 bits per heavy atom. The molecule has 0 saturated heterocycles. The number of amides is 1. The minimum absolute atomic E-state index is 0.0799. The molecule has 1 aromatic heterocycles. The van der Waals surface area contributed by atoms with Crippen LogP contribution in [-0.2, 0) is 10.9 Å². The Labute approximate surface area is 213 Å². The van der Waals surface area contributed by atoms with Gasteiger partial charge in [-0.15, -0.1) is 11.3 Å². The van der Waals surface area contributed by atoms with Crippen LogP contribution in [0.2, 0.25) is 10.0 Å². The minimum Gasteiger partial charge on any atom is -0.351 e. The molecule has 1 N–H and O–H groups in total. The molecule has 1 fully saturated rings. The zero-order valence-electron chi connectivity index (χ0n) is 17.4. The van der Waals surface area contributed by atoms with Crippen LogP contribution in [0.3, 0.4) is 0 Å². The third-order valence-corrected chi connectivity index (χ3v) is 8.91. The van der Waals surface area contributed by atoms with Gasteiger partial charge in [-0.1, -0.05) is 29.6 Å². The van der Waals surface area contributed by atoms with Crippen molar-refractivity contribution >= 4 is 58.1 Å². The first-order valence-electron chi connectivity index (χ1n) is 10.2. The summed E-state index contributed by atoms with van der Waals surface area (Å²) in [5.74, 6) is -1.83. The van der Waals surface area contributed by atoms with E-state index in [2.05, 4.69) is 9.71 Å². The highest BCUT2D eigenvalue weighted by atomic mass is 35.5. The van der Waals surface area contributed by atoms with E-state index in [1.165, 1.54) is 0 Å². The van der Waals surface area contributed by atoms with Gasteiger partial charge in [-0.2, -0.15) is 26.3 Å². The van der Waals surface area contributed by atoms with Gasteiger partial charge in [-0.3, -0.25) is 4.79 Å². The van der Waals surface area contributed by atoms with Gasteiger partial charge in [0.25, 0.3) is 5.91 Å². The molecule has 1 aromatic carbocycles. The Morgan fingerprint density at radius 1 is 1.11 bits per heavy atom. The molecule has 35 heavy (non-hydrogen) atoms. The maximum Gasteiger partial charge on any atom is 0.418 e. The first-order valence-corrected chi connectivity index (χ1v) is 12.5. The van der Waals surface area contributed by atoms with Crippen molar-refractivity contribution in [2.75, 3.05) is 6.54 Å². The van der Waals surface area contributed by atoms with Crippen LogP contribution >= 0.6 is 46.5 Å². The Morgan fingerprint density at radius 3 is 2.26 bits per heavy atom. The molecule has 0 bridgehead atoms. The topological polar surface area (TPSA) is 41.5 Å². The standard InChI is InChI=1S/C21H15Cl2F7N2OS2/c22-12-4-10(5-13(23)16(12)24)19(21(28,29)30)7-14(32-35-19)15-6-11(20(25,26)27)17(34-15)18(33)31-8-9-2-1-3-9/h4-6,9H,1-3,7-8H2,(H,31,33). The van der Waals surface area contributed by atoms with E-state index in [0.717, 1.165) is 31.4 Å². The zero-order valence-corrected chi connectivity index (χ0v) is 20.6. The third-order valence-electron chi connectivity index (χ3n) is 5.94. The van der Waals surface area contributed by atoms with Gasteiger partial charge < -0.3 is 5.32 Å². The zero-order chi connectivity index (χ0) is 25.8. The Bertz CT molecular complexity index is 1170. The first kappa shape index (κ1) is 26.6. The fourth-order valence-corrected chi connectivity index (χ4v) is 6.33. The van der Waals surface area contributed by atoms with E-state index in [0.29, 0.717) is 17.4 Å². The van der Waals surface area contributed by atoms with Gasteiger partial charge in [0.1, 0.15) is 4.88 Å². The average Bonchev–Trinajstić information content (AvgIpc) is 3.35. The van der Waals surface area contributed by atoms with E-state index >= 15 is 0 Å². The van der Waals surface area contributed by atoms with Gasteiger partial charge in [-0.25, -0.2) is 8.79 Å². The van der Waals surface area contributed by atoms with Crippen LogP contribution < -0.4 is 5.32 Å². The molecule has 2 heterocycles. The molecule has 1 aliphatic heterocycles. The highest BCUT2D eigenvalue weighted by Gasteiger charge is 2.60. The molecule has 0 spiro atoms. The second-order valence-electron chi connectivity index (χ2n) is 8.24. The molecule has 3 nitrogen and oxygen atoms in total. The summed E-state index contributed by atoms with van der Waals surface area (Å²) in [5.41, 5.74) is -2.01. The van der Waals surface area contributed by atoms with Crippen molar-refractivity contribution in [3.05, 3.63) is 54.9 Å². The summed E-state index contributed by atoms with van der Waals surface area (Å²) in [7, 11) is 0. The molecular weight excluding hydrogens is 564 g/mol. The fraction of sp³-hybridized carbons (Fsp3) is 0.429. The van der Waals surface area contributed by atoms with Crippen molar-refractivity contribution in [3.8, 4) is 0 Å². The van der Waals surface area contributed by atoms with Crippen molar-refractivity contribution < 1.29 is 35.5 Å².